The normalized spacial score (nSPS) is 12.4. The number of furan rings is 1. The standard InChI is InChI=1S/C62H43N3.C59H37N3O/c1-62(2)54-23-11-9-21-48(54)50-36-41(27-31-55(50)62)43-29-33-60-52(38-43)53-39-44(42-28-32-59-51(37-42)49-22-10-12-26-58(49)64(59)46-18-7-4-8-19-46)30-34-61(53)65(60)47-20-13-17-45(35-47)57-25-14-24-56(63-57)40-15-5-3-6-16-40;1-3-13-38(14-4-1)52-21-12-22-53(60-52)43-15-11-18-45(33-43)62-56-30-26-40(39-25-29-55-48(34-39)46-19-7-9-23-54(46)61(55)44-16-5-2-6-17-44)35-49(56)50-36-41(27-31-57(50)62)42-28-32-59-51(37-42)47-20-8-10-24-58(47)63-59/h3-39H,1-2H3;1-37H. The van der Waals surface area contributed by atoms with E-state index < -0.39 is 0 Å². The van der Waals surface area contributed by atoms with Gasteiger partial charge in [-0.25, -0.2) is 9.97 Å². The Bertz CT molecular complexity index is 8780. The zero-order chi connectivity index (χ0) is 84.7. The van der Waals surface area contributed by atoms with Crippen molar-refractivity contribution in [1.29, 1.82) is 0 Å². The van der Waals surface area contributed by atoms with E-state index in [-0.39, 0.29) is 5.41 Å². The van der Waals surface area contributed by atoms with Crippen LogP contribution < -0.4 is 0 Å². The third kappa shape index (κ3) is 12.3. The second kappa shape index (κ2) is 29.8. The lowest BCUT2D eigenvalue weighted by molar-refractivity contribution is 0.660. The Kier molecular flexibility index (Phi) is 17.2. The van der Waals surface area contributed by atoms with Crippen LogP contribution >= 0.6 is 0 Å². The van der Waals surface area contributed by atoms with E-state index in [1.807, 2.05) is 24.3 Å². The molecule has 0 N–H and O–H groups in total. The summed E-state index contributed by atoms with van der Waals surface area (Å²) in [6.07, 6.45) is 0. The first kappa shape index (κ1) is 73.9. The van der Waals surface area contributed by atoms with Crippen molar-refractivity contribution in [2.24, 2.45) is 0 Å². The summed E-state index contributed by atoms with van der Waals surface area (Å²) in [6.45, 7) is 4.69. The van der Waals surface area contributed by atoms with Gasteiger partial charge >= 0.3 is 0 Å². The van der Waals surface area contributed by atoms with Crippen molar-refractivity contribution in [2.45, 2.75) is 19.3 Å². The Balaban J connectivity index is 0.000000139. The lowest BCUT2D eigenvalue weighted by Gasteiger charge is -2.21. The minimum atomic E-state index is -0.0371. The maximum atomic E-state index is 6.21. The van der Waals surface area contributed by atoms with Gasteiger partial charge in [0.05, 0.1) is 66.9 Å². The van der Waals surface area contributed by atoms with Crippen molar-refractivity contribution in [3.05, 3.63) is 460 Å². The van der Waals surface area contributed by atoms with E-state index in [2.05, 4.69) is 457 Å². The van der Waals surface area contributed by atoms with Crippen LogP contribution in [0.1, 0.15) is 25.0 Å². The molecule has 0 fully saturated rings. The molecule has 0 amide bonds. The third-order valence-corrected chi connectivity index (χ3v) is 26.6. The topological polar surface area (TPSA) is 58.6 Å². The van der Waals surface area contributed by atoms with Gasteiger partial charge in [0.15, 0.2) is 0 Å². The summed E-state index contributed by atoms with van der Waals surface area (Å²) in [7, 11) is 0. The molecule has 7 heterocycles. The largest absolute Gasteiger partial charge is 0.456 e. The monoisotopic (exact) mass is 1630 g/mol. The van der Waals surface area contributed by atoms with Gasteiger partial charge in [0.25, 0.3) is 0 Å². The van der Waals surface area contributed by atoms with E-state index in [1.54, 1.807) is 0 Å². The molecule has 0 saturated carbocycles. The van der Waals surface area contributed by atoms with Gasteiger partial charge in [-0.15, -0.1) is 0 Å². The van der Waals surface area contributed by atoms with Gasteiger partial charge in [-0.3, -0.25) is 0 Å². The van der Waals surface area contributed by atoms with Crippen molar-refractivity contribution >= 4 is 109 Å². The highest BCUT2D eigenvalue weighted by molar-refractivity contribution is 6.17. The molecule has 0 atom stereocenters. The molecular weight excluding hydrogens is 1550 g/mol. The molecule has 0 unspecified atom stereocenters. The molecule has 0 radical (unpaired) electrons. The SMILES string of the molecule is CC1(C)c2ccccc2-c2cc(-c3ccc4c(c3)c3cc(-c5ccc6c(c5)c5ccccc5n6-c5ccccc5)ccc3n4-c3cccc(-c4cccc(-c5ccccc5)n4)c3)ccc21.c1ccc(-c2cccc(-c3cccc(-n4c5ccc(-c6ccc7oc8ccccc8c7c6)cc5c5cc(-c6ccc7c(c6)c6ccccc6n7-c6ccccc6)ccc54)c3)n2)cc1. The van der Waals surface area contributed by atoms with Gasteiger partial charge in [0.2, 0.25) is 0 Å². The molecule has 1 aliphatic rings. The fourth-order valence-corrected chi connectivity index (χ4v) is 20.5. The maximum absolute atomic E-state index is 6.21. The van der Waals surface area contributed by atoms with Crippen LogP contribution in [0.15, 0.2) is 453 Å². The summed E-state index contributed by atoms with van der Waals surface area (Å²) < 4.78 is 15.8. The Morgan fingerprint density at radius 3 is 0.914 bits per heavy atom. The number of hydrogen-bond acceptors (Lipinski definition) is 3. The Morgan fingerprint density at radius 2 is 0.469 bits per heavy atom. The molecule has 7 aromatic heterocycles. The fraction of sp³-hybridized carbons (Fsp3) is 0.0248. The second-order valence-electron chi connectivity index (χ2n) is 34.3. The minimum Gasteiger partial charge on any atom is -0.456 e. The summed E-state index contributed by atoms with van der Waals surface area (Å²) in [5, 5.41) is 12.0. The predicted octanol–water partition coefficient (Wildman–Crippen LogP) is 32.1. The minimum absolute atomic E-state index is 0.0371. The molecule has 18 aromatic carbocycles. The predicted molar refractivity (Wildman–Crippen MR) is 534 cm³/mol. The molecule has 7 heteroatoms. The van der Waals surface area contributed by atoms with Gasteiger partial charge in [-0.1, -0.05) is 281 Å². The van der Waals surface area contributed by atoms with Crippen molar-refractivity contribution < 1.29 is 4.42 Å². The first-order valence-electron chi connectivity index (χ1n) is 44.0. The molecule has 1 aliphatic carbocycles. The number of rotatable bonds is 12. The summed E-state index contributed by atoms with van der Waals surface area (Å²) in [4.78, 5) is 10.3. The van der Waals surface area contributed by atoms with Crippen LogP contribution in [0.2, 0.25) is 0 Å². The van der Waals surface area contributed by atoms with Crippen LogP contribution in [0.25, 0.3) is 233 Å². The van der Waals surface area contributed by atoms with Crippen LogP contribution in [0, 0.1) is 0 Å². The maximum Gasteiger partial charge on any atom is 0.135 e. The summed E-state index contributed by atoms with van der Waals surface area (Å²) in [5.41, 5.74) is 38.8. The Labute approximate surface area is 739 Å². The zero-order valence-electron chi connectivity index (χ0n) is 70.3. The van der Waals surface area contributed by atoms with Crippen molar-refractivity contribution in [1.82, 2.24) is 28.2 Å². The smallest absolute Gasteiger partial charge is 0.135 e. The first-order valence-corrected chi connectivity index (χ1v) is 44.0. The third-order valence-electron chi connectivity index (χ3n) is 26.6. The lowest BCUT2D eigenvalue weighted by Crippen LogP contribution is -2.14. The number of hydrogen-bond donors (Lipinski definition) is 0. The number of aromatic nitrogens is 6. The van der Waals surface area contributed by atoms with Crippen molar-refractivity contribution in [3.63, 3.8) is 0 Å². The lowest BCUT2D eigenvalue weighted by atomic mass is 9.82. The molecule has 0 spiro atoms. The first-order chi connectivity index (χ1) is 63.2. The Morgan fingerprint density at radius 1 is 0.180 bits per heavy atom. The molecular formula is C121H80N6O. The number of nitrogens with zero attached hydrogens (tertiary/aromatic N) is 6. The average molecular weight is 1630 g/mol. The molecule has 600 valence electrons. The molecule has 7 nitrogen and oxygen atoms in total. The fourth-order valence-electron chi connectivity index (χ4n) is 20.5. The molecule has 128 heavy (non-hydrogen) atoms. The highest BCUT2D eigenvalue weighted by atomic mass is 16.3. The number of para-hydroxylation sites is 5. The van der Waals surface area contributed by atoms with Crippen LogP contribution in [0.5, 0.6) is 0 Å². The van der Waals surface area contributed by atoms with E-state index in [4.69, 9.17) is 14.4 Å². The molecule has 0 aliphatic heterocycles. The van der Waals surface area contributed by atoms with Gasteiger partial charge in [0.1, 0.15) is 11.2 Å². The highest BCUT2D eigenvalue weighted by Crippen LogP contribution is 2.51. The van der Waals surface area contributed by atoms with Crippen molar-refractivity contribution in [3.8, 4) is 123 Å². The number of benzene rings is 18. The van der Waals surface area contributed by atoms with Gasteiger partial charge < -0.3 is 22.7 Å². The Hall–Kier alpha value is -16.7. The van der Waals surface area contributed by atoms with E-state index in [1.165, 1.54) is 121 Å². The van der Waals surface area contributed by atoms with Crippen molar-refractivity contribution in [2.75, 3.05) is 0 Å². The second-order valence-corrected chi connectivity index (χ2v) is 34.3. The molecule has 0 saturated heterocycles. The van der Waals surface area contributed by atoms with Crippen LogP contribution in [0.4, 0.5) is 0 Å². The molecule has 0 bridgehead atoms. The van der Waals surface area contributed by atoms with E-state index in [0.29, 0.717) is 0 Å². The molecule has 25 aromatic rings. The van der Waals surface area contributed by atoms with E-state index in [0.717, 1.165) is 123 Å². The highest BCUT2D eigenvalue weighted by Gasteiger charge is 2.35. The van der Waals surface area contributed by atoms with E-state index in [9.17, 15) is 0 Å². The van der Waals surface area contributed by atoms with Crippen LogP contribution in [0.3, 0.4) is 0 Å². The number of fused-ring (bicyclic) bond motifs is 18. The van der Waals surface area contributed by atoms with Gasteiger partial charge in [-0.05, 0) is 249 Å². The summed E-state index contributed by atoms with van der Waals surface area (Å²) >= 11 is 0. The van der Waals surface area contributed by atoms with Gasteiger partial charge in [0, 0.05) is 104 Å². The van der Waals surface area contributed by atoms with Crippen LogP contribution in [-0.2, 0) is 5.41 Å². The zero-order valence-corrected chi connectivity index (χ0v) is 70.3. The summed E-state index contributed by atoms with van der Waals surface area (Å²) in [5.74, 6) is 0. The number of pyridine rings is 2. The summed E-state index contributed by atoms with van der Waals surface area (Å²) in [6, 6.07) is 162. The van der Waals surface area contributed by atoms with Crippen LogP contribution in [-0.4, -0.2) is 28.2 Å². The average Bonchev–Trinajstić information content (AvgIpc) is 1.58. The molecule has 26 rings (SSSR count). The van der Waals surface area contributed by atoms with E-state index >= 15 is 0 Å². The quantitative estimate of drug-likeness (QED) is 0.122. The van der Waals surface area contributed by atoms with Gasteiger partial charge in [-0.2, -0.15) is 0 Å².